The smallest absolute Gasteiger partial charge is 0.293 e. The van der Waals surface area contributed by atoms with Crippen molar-refractivity contribution in [2.45, 2.75) is 33.9 Å². The SMILES string of the molecule is Cc1ccc(-n2ncc3c(C)nn(CC(=O)NCc4ccc(F)cc4)c(=O)c32)c(C)c1. The molecular formula is C23H22FN5O2. The second-order valence-corrected chi connectivity index (χ2v) is 7.56. The van der Waals surface area contributed by atoms with Crippen molar-refractivity contribution in [1.29, 1.82) is 0 Å². The molecule has 2 aromatic heterocycles. The molecule has 7 nitrogen and oxygen atoms in total. The molecule has 0 atom stereocenters. The van der Waals surface area contributed by atoms with Gasteiger partial charge in [0.05, 0.1) is 17.6 Å². The van der Waals surface area contributed by atoms with Gasteiger partial charge in [-0.05, 0) is 50.1 Å². The van der Waals surface area contributed by atoms with E-state index in [-0.39, 0.29) is 24.8 Å². The number of aryl methyl sites for hydroxylation is 3. The molecule has 0 spiro atoms. The van der Waals surface area contributed by atoms with Crippen molar-refractivity contribution in [2.24, 2.45) is 0 Å². The largest absolute Gasteiger partial charge is 0.350 e. The van der Waals surface area contributed by atoms with Crippen LogP contribution in [-0.2, 0) is 17.9 Å². The summed E-state index contributed by atoms with van der Waals surface area (Å²) in [6, 6.07) is 11.8. The lowest BCUT2D eigenvalue weighted by atomic mass is 10.1. The highest BCUT2D eigenvalue weighted by Gasteiger charge is 2.17. The zero-order chi connectivity index (χ0) is 22.1. The van der Waals surface area contributed by atoms with Crippen molar-refractivity contribution in [2.75, 3.05) is 0 Å². The Morgan fingerprint density at radius 1 is 1.10 bits per heavy atom. The van der Waals surface area contributed by atoms with Crippen molar-refractivity contribution in [1.82, 2.24) is 24.9 Å². The van der Waals surface area contributed by atoms with Crippen LogP contribution in [0.2, 0.25) is 0 Å². The molecule has 2 aromatic carbocycles. The van der Waals surface area contributed by atoms with E-state index in [1.165, 1.54) is 12.1 Å². The van der Waals surface area contributed by atoms with E-state index in [0.717, 1.165) is 27.1 Å². The number of amides is 1. The Labute approximate surface area is 178 Å². The number of hydrogen-bond acceptors (Lipinski definition) is 4. The van der Waals surface area contributed by atoms with Crippen LogP contribution in [0.3, 0.4) is 0 Å². The van der Waals surface area contributed by atoms with E-state index < -0.39 is 5.56 Å². The minimum atomic E-state index is -0.394. The van der Waals surface area contributed by atoms with Gasteiger partial charge in [-0.15, -0.1) is 0 Å². The number of rotatable bonds is 5. The topological polar surface area (TPSA) is 81.8 Å². The Kier molecular flexibility index (Phi) is 5.37. The number of hydrogen-bond donors (Lipinski definition) is 1. The van der Waals surface area contributed by atoms with Gasteiger partial charge < -0.3 is 5.32 Å². The fraction of sp³-hybridized carbons (Fsp3) is 0.217. The molecule has 0 saturated heterocycles. The summed E-state index contributed by atoms with van der Waals surface area (Å²) < 4.78 is 15.8. The van der Waals surface area contributed by atoms with Crippen LogP contribution in [0.25, 0.3) is 16.6 Å². The standard InChI is InChI=1S/C23H22FN5O2/c1-14-4-9-20(15(2)10-14)29-22-19(12-26-29)16(3)27-28(23(22)31)13-21(30)25-11-17-5-7-18(24)8-6-17/h4-10,12H,11,13H2,1-3H3,(H,25,30). The number of carbonyl (C=O) groups is 1. The molecule has 0 aliphatic heterocycles. The zero-order valence-electron chi connectivity index (χ0n) is 17.5. The Balaban J connectivity index is 1.64. The van der Waals surface area contributed by atoms with Gasteiger partial charge in [0.25, 0.3) is 5.56 Å². The number of nitrogens with zero attached hydrogens (tertiary/aromatic N) is 4. The molecule has 0 unspecified atom stereocenters. The highest BCUT2D eigenvalue weighted by atomic mass is 19.1. The molecule has 8 heteroatoms. The van der Waals surface area contributed by atoms with E-state index in [0.29, 0.717) is 16.6 Å². The van der Waals surface area contributed by atoms with Crippen LogP contribution in [0, 0.1) is 26.6 Å². The predicted molar refractivity (Wildman–Crippen MR) is 116 cm³/mol. The Hall–Kier alpha value is -3.81. The number of fused-ring (bicyclic) bond motifs is 1. The first-order chi connectivity index (χ1) is 14.8. The van der Waals surface area contributed by atoms with Crippen LogP contribution >= 0.6 is 0 Å². The second-order valence-electron chi connectivity index (χ2n) is 7.56. The average Bonchev–Trinajstić information content (AvgIpc) is 3.17. The molecule has 4 aromatic rings. The third-order valence-electron chi connectivity index (χ3n) is 5.14. The monoisotopic (exact) mass is 419 g/mol. The molecule has 1 amide bonds. The minimum Gasteiger partial charge on any atom is -0.350 e. The van der Waals surface area contributed by atoms with Gasteiger partial charge in [0, 0.05) is 11.9 Å². The van der Waals surface area contributed by atoms with Crippen molar-refractivity contribution < 1.29 is 9.18 Å². The van der Waals surface area contributed by atoms with Gasteiger partial charge in [0.2, 0.25) is 5.91 Å². The summed E-state index contributed by atoms with van der Waals surface area (Å²) in [5.41, 5.74) is 4.26. The van der Waals surface area contributed by atoms with Crippen LogP contribution in [0.4, 0.5) is 4.39 Å². The maximum atomic E-state index is 13.2. The molecule has 0 aliphatic rings. The third-order valence-corrected chi connectivity index (χ3v) is 5.14. The van der Waals surface area contributed by atoms with Crippen LogP contribution < -0.4 is 10.9 Å². The third kappa shape index (κ3) is 4.09. The van der Waals surface area contributed by atoms with Crippen LogP contribution in [0.1, 0.15) is 22.4 Å². The van der Waals surface area contributed by atoms with E-state index in [1.54, 1.807) is 29.9 Å². The van der Waals surface area contributed by atoms with Gasteiger partial charge in [0.1, 0.15) is 17.9 Å². The Morgan fingerprint density at radius 3 is 2.55 bits per heavy atom. The summed E-state index contributed by atoms with van der Waals surface area (Å²) >= 11 is 0. The van der Waals surface area contributed by atoms with Gasteiger partial charge in [0.15, 0.2) is 0 Å². The normalized spacial score (nSPS) is 11.1. The van der Waals surface area contributed by atoms with Gasteiger partial charge in [-0.1, -0.05) is 29.8 Å². The summed E-state index contributed by atoms with van der Waals surface area (Å²) in [5.74, 6) is -0.703. The minimum absolute atomic E-state index is 0.227. The van der Waals surface area contributed by atoms with Gasteiger partial charge >= 0.3 is 0 Å². The summed E-state index contributed by atoms with van der Waals surface area (Å²) in [6.07, 6.45) is 1.62. The lowest BCUT2D eigenvalue weighted by Crippen LogP contribution is -2.34. The maximum absolute atomic E-state index is 13.2. The van der Waals surface area contributed by atoms with Crippen molar-refractivity contribution >= 4 is 16.8 Å². The van der Waals surface area contributed by atoms with E-state index in [9.17, 15) is 14.0 Å². The van der Waals surface area contributed by atoms with E-state index >= 15 is 0 Å². The molecule has 0 radical (unpaired) electrons. The lowest BCUT2D eigenvalue weighted by molar-refractivity contribution is -0.122. The Morgan fingerprint density at radius 2 is 1.84 bits per heavy atom. The average molecular weight is 419 g/mol. The van der Waals surface area contributed by atoms with Gasteiger partial charge in [-0.25, -0.2) is 13.8 Å². The highest BCUT2D eigenvalue weighted by Crippen LogP contribution is 2.20. The first kappa shape index (κ1) is 20.5. The number of benzene rings is 2. The van der Waals surface area contributed by atoms with Crippen molar-refractivity contribution in [3.05, 3.63) is 87.2 Å². The van der Waals surface area contributed by atoms with E-state index in [2.05, 4.69) is 15.5 Å². The predicted octanol–water partition coefficient (Wildman–Crippen LogP) is 2.96. The quantitative estimate of drug-likeness (QED) is 0.539. The zero-order valence-corrected chi connectivity index (χ0v) is 17.5. The molecule has 2 heterocycles. The molecule has 1 N–H and O–H groups in total. The fourth-order valence-corrected chi connectivity index (χ4v) is 3.55. The van der Waals surface area contributed by atoms with Crippen molar-refractivity contribution in [3.8, 4) is 5.69 Å². The molecule has 31 heavy (non-hydrogen) atoms. The number of carbonyl (C=O) groups excluding carboxylic acids is 1. The Bertz CT molecular complexity index is 1340. The summed E-state index contributed by atoms with van der Waals surface area (Å²) in [5, 5.41) is 12.1. The molecule has 4 rings (SSSR count). The molecule has 0 aliphatic carbocycles. The van der Waals surface area contributed by atoms with Crippen LogP contribution in [0.5, 0.6) is 0 Å². The summed E-state index contributed by atoms with van der Waals surface area (Å²) in [4.78, 5) is 25.6. The number of aromatic nitrogens is 4. The van der Waals surface area contributed by atoms with E-state index in [1.807, 2.05) is 32.0 Å². The molecule has 0 saturated carbocycles. The molecular weight excluding hydrogens is 397 g/mol. The number of halogens is 1. The molecule has 0 fully saturated rings. The number of nitrogens with one attached hydrogen (secondary N) is 1. The summed E-state index contributed by atoms with van der Waals surface area (Å²) in [7, 11) is 0. The molecule has 0 bridgehead atoms. The fourth-order valence-electron chi connectivity index (χ4n) is 3.55. The second kappa shape index (κ2) is 8.14. The van der Waals surface area contributed by atoms with E-state index in [4.69, 9.17) is 0 Å². The first-order valence-electron chi connectivity index (χ1n) is 9.87. The maximum Gasteiger partial charge on any atom is 0.293 e. The van der Waals surface area contributed by atoms with Gasteiger partial charge in [-0.2, -0.15) is 10.2 Å². The van der Waals surface area contributed by atoms with Crippen LogP contribution in [-0.4, -0.2) is 25.5 Å². The first-order valence-corrected chi connectivity index (χ1v) is 9.87. The summed E-state index contributed by atoms with van der Waals surface area (Å²) in [6.45, 7) is 5.75. The van der Waals surface area contributed by atoms with Gasteiger partial charge in [-0.3, -0.25) is 9.59 Å². The highest BCUT2D eigenvalue weighted by molar-refractivity contribution is 5.82. The van der Waals surface area contributed by atoms with Crippen LogP contribution in [0.15, 0.2) is 53.5 Å². The lowest BCUT2D eigenvalue weighted by Gasteiger charge is -2.11. The molecule has 158 valence electrons. The van der Waals surface area contributed by atoms with Crippen molar-refractivity contribution in [3.63, 3.8) is 0 Å².